The fraction of sp³-hybridized carbons (Fsp3) is 0.667. The van der Waals surface area contributed by atoms with Crippen molar-refractivity contribution in [2.75, 3.05) is 5.73 Å². The van der Waals surface area contributed by atoms with Crippen LogP contribution in [0.3, 0.4) is 0 Å². The van der Waals surface area contributed by atoms with Crippen LogP contribution in [0, 0.1) is 5.92 Å². The molecule has 1 aromatic heterocycles. The van der Waals surface area contributed by atoms with Crippen LogP contribution in [-0.2, 0) is 0 Å². The summed E-state index contributed by atoms with van der Waals surface area (Å²) in [6.07, 6.45) is 6.50. The van der Waals surface area contributed by atoms with Gasteiger partial charge < -0.3 is 15.6 Å². The second-order valence-electron chi connectivity index (χ2n) is 6.10. The number of nitrogens with one attached hydrogen (secondary N) is 1. The average molecular weight is 263 g/mol. The van der Waals surface area contributed by atoms with E-state index < -0.39 is 0 Å². The Balaban J connectivity index is 2.07. The number of anilines is 1. The summed E-state index contributed by atoms with van der Waals surface area (Å²) in [6, 6.07) is 2.32. The third-order valence-corrected chi connectivity index (χ3v) is 3.93. The van der Waals surface area contributed by atoms with Crippen molar-refractivity contribution in [1.82, 2.24) is 9.88 Å². The van der Waals surface area contributed by atoms with E-state index in [9.17, 15) is 4.79 Å². The van der Waals surface area contributed by atoms with Crippen molar-refractivity contribution in [3.8, 4) is 0 Å². The summed E-state index contributed by atoms with van der Waals surface area (Å²) in [5.74, 6) is 0.713. The molecule has 1 aromatic rings. The van der Waals surface area contributed by atoms with E-state index in [1.165, 1.54) is 12.8 Å². The van der Waals surface area contributed by atoms with Gasteiger partial charge in [0.1, 0.15) is 5.69 Å². The Morgan fingerprint density at radius 3 is 2.84 bits per heavy atom. The van der Waals surface area contributed by atoms with E-state index in [0.29, 0.717) is 23.3 Å². The molecule has 0 saturated heterocycles. The molecule has 3 N–H and O–H groups in total. The lowest BCUT2D eigenvalue weighted by molar-refractivity contribution is 0.0910. The van der Waals surface area contributed by atoms with E-state index >= 15 is 0 Å². The van der Waals surface area contributed by atoms with Crippen LogP contribution >= 0.6 is 0 Å². The monoisotopic (exact) mass is 263 g/mol. The van der Waals surface area contributed by atoms with E-state index in [4.69, 9.17) is 5.73 Å². The van der Waals surface area contributed by atoms with Crippen molar-refractivity contribution in [3.05, 3.63) is 18.0 Å². The third-order valence-electron chi connectivity index (χ3n) is 3.93. The van der Waals surface area contributed by atoms with E-state index in [2.05, 4.69) is 26.1 Å². The highest BCUT2D eigenvalue weighted by Crippen LogP contribution is 2.24. The Kier molecular flexibility index (Phi) is 4.17. The van der Waals surface area contributed by atoms with Gasteiger partial charge in [-0.2, -0.15) is 0 Å². The molecule has 1 amide bonds. The predicted molar refractivity (Wildman–Crippen MR) is 78.1 cm³/mol. The van der Waals surface area contributed by atoms with Gasteiger partial charge in [0.25, 0.3) is 5.91 Å². The minimum atomic E-state index is 0.00417. The molecule has 0 radical (unpaired) electrons. The number of nitrogens with zero attached hydrogens (tertiary/aromatic N) is 1. The zero-order valence-electron chi connectivity index (χ0n) is 12.1. The molecule has 4 nitrogen and oxygen atoms in total. The molecule has 1 fully saturated rings. The summed E-state index contributed by atoms with van der Waals surface area (Å²) in [5.41, 5.74) is 7.13. The van der Waals surface area contributed by atoms with Gasteiger partial charge in [0.05, 0.1) is 5.69 Å². The Labute approximate surface area is 115 Å². The van der Waals surface area contributed by atoms with Gasteiger partial charge in [-0.1, -0.05) is 19.8 Å². The molecule has 106 valence electrons. The molecule has 1 aliphatic rings. The molecule has 2 atom stereocenters. The lowest BCUT2D eigenvalue weighted by Gasteiger charge is -2.27. The number of carbonyl (C=O) groups is 1. The molecule has 1 heterocycles. The van der Waals surface area contributed by atoms with E-state index in [-0.39, 0.29) is 11.9 Å². The Morgan fingerprint density at radius 1 is 1.47 bits per heavy atom. The predicted octanol–water partition coefficient (Wildman–Crippen LogP) is 2.96. The van der Waals surface area contributed by atoms with Crippen molar-refractivity contribution in [2.24, 2.45) is 5.92 Å². The smallest absolute Gasteiger partial charge is 0.268 e. The third kappa shape index (κ3) is 3.31. The van der Waals surface area contributed by atoms with Crippen LogP contribution in [0.5, 0.6) is 0 Å². The molecule has 1 aliphatic carbocycles. The van der Waals surface area contributed by atoms with E-state index in [1.54, 1.807) is 6.07 Å². The summed E-state index contributed by atoms with van der Waals surface area (Å²) in [7, 11) is 0. The summed E-state index contributed by atoms with van der Waals surface area (Å²) in [4.78, 5) is 12.4. The minimum absolute atomic E-state index is 0.00417. The first-order chi connectivity index (χ1) is 8.97. The molecule has 1 saturated carbocycles. The second-order valence-corrected chi connectivity index (χ2v) is 6.10. The Morgan fingerprint density at radius 2 is 2.21 bits per heavy atom. The molecular weight excluding hydrogens is 238 g/mol. The van der Waals surface area contributed by atoms with Crippen LogP contribution in [0.1, 0.15) is 63.0 Å². The van der Waals surface area contributed by atoms with Crippen LogP contribution < -0.4 is 11.1 Å². The highest BCUT2D eigenvalue weighted by atomic mass is 16.2. The first-order valence-electron chi connectivity index (χ1n) is 7.25. The maximum Gasteiger partial charge on any atom is 0.268 e. The van der Waals surface area contributed by atoms with E-state index in [1.807, 2.05) is 10.8 Å². The number of carbonyl (C=O) groups excluding carboxylic acids is 1. The Hall–Kier alpha value is -1.45. The van der Waals surface area contributed by atoms with Gasteiger partial charge in [-0.15, -0.1) is 0 Å². The number of aromatic nitrogens is 1. The number of rotatable bonds is 3. The zero-order valence-corrected chi connectivity index (χ0v) is 12.1. The summed E-state index contributed by atoms with van der Waals surface area (Å²) in [5, 5.41) is 3.16. The van der Waals surface area contributed by atoms with Gasteiger partial charge in [-0.05, 0) is 38.7 Å². The molecular formula is C15H25N3O. The number of hydrogen-bond acceptors (Lipinski definition) is 2. The van der Waals surface area contributed by atoms with Crippen molar-refractivity contribution >= 4 is 11.6 Å². The van der Waals surface area contributed by atoms with Gasteiger partial charge in [0.15, 0.2) is 0 Å². The fourth-order valence-electron chi connectivity index (χ4n) is 2.93. The number of nitrogen functional groups attached to an aromatic ring is 1. The molecule has 4 heteroatoms. The van der Waals surface area contributed by atoms with Gasteiger partial charge in [0, 0.05) is 18.3 Å². The molecule has 0 spiro atoms. The molecule has 0 aromatic carbocycles. The molecule has 0 aliphatic heterocycles. The second kappa shape index (κ2) is 5.68. The Bertz CT molecular complexity index is 450. The standard InChI is InChI=1S/C15H25N3O/c1-10(2)18-9-12(16)8-14(18)15(19)17-13-6-4-5-11(3)7-13/h8-11,13H,4-7,16H2,1-3H3,(H,17,19). The molecule has 2 rings (SSSR count). The SMILES string of the molecule is CC1CCCC(NC(=O)c2cc(N)cn2C(C)C)C1. The molecule has 19 heavy (non-hydrogen) atoms. The lowest BCUT2D eigenvalue weighted by atomic mass is 9.87. The lowest BCUT2D eigenvalue weighted by Crippen LogP contribution is -2.38. The van der Waals surface area contributed by atoms with Gasteiger partial charge in [0.2, 0.25) is 0 Å². The molecule has 0 bridgehead atoms. The van der Waals surface area contributed by atoms with Crippen molar-refractivity contribution < 1.29 is 4.79 Å². The van der Waals surface area contributed by atoms with E-state index in [0.717, 1.165) is 12.8 Å². The fourth-order valence-corrected chi connectivity index (χ4v) is 2.93. The van der Waals surface area contributed by atoms with Crippen LogP contribution in [0.25, 0.3) is 0 Å². The summed E-state index contributed by atoms with van der Waals surface area (Å²) >= 11 is 0. The number of amides is 1. The van der Waals surface area contributed by atoms with Gasteiger partial charge in [-0.25, -0.2) is 0 Å². The highest BCUT2D eigenvalue weighted by Gasteiger charge is 2.22. The number of hydrogen-bond donors (Lipinski definition) is 2. The van der Waals surface area contributed by atoms with Crippen LogP contribution in [0.15, 0.2) is 12.3 Å². The number of nitrogens with two attached hydrogens (primary N) is 1. The summed E-state index contributed by atoms with van der Waals surface area (Å²) in [6.45, 7) is 6.37. The molecule has 2 unspecified atom stereocenters. The maximum atomic E-state index is 12.4. The van der Waals surface area contributed by atoms with Crippen LogP contribution in [0.4, 0.5) is 5.69 Å². The van der Waals surface area contributed by atoms with Crippen LogP contribution in [0.2, 0.25) is 0 Å². The van der Waals surface area contributed by atoms with Gasteiger partial charge in [-0.3, -0.25) is 4.79 Å². The first kappa shape index (κ1) is 14.0. The summed E-state index contributed by atoms with van der Waals surface area (Å²) < 4.78 is 1.94. The van der Waals surface area contributed by atoms with Crippen molar-refractivity contribution in [1.29, 1.82) is 0 Å². The van der Waals surface area contributed by atoms with Crippen LogP contribution in [-0.4, -0.2) is 16.5 Å². The van der Waals surface area contributed by atoms with Crippen molar-refractivity contribution in [2.45, 2.75) is 58.5 Å². The minimum Gasteiger partial charge on any atom is -0.397 e. The first-order valence-corrected chi connectivity index (χ1v) is 7.25. The highest BCUT2D eigenvalue weighted by molar-refractivity contribution is 5.94. The van der Waals surface area contributed by atoms with Gasteiger partial charge >= 0.3 is 0 Å². The maximum absolute atomic E-state index is 12.4. The quantitative estimate of drug-likeness (QED) is 0.880. The van der Waals surface area contributed by atoms with Crippen molar-refractivity contribution in [3.63, 3.8) is 0 Å². The zero-order chi connectivity index (χ0) is 14.0. The largest absolute Gasteiger partial charge is 0.397 e. The average Bonchev–Trinajstić information content (AvgIpc) is 2.71. The topological polar surface area (TPSA) is 60.1 Å². The normalized spacial score (nSPS) is 23.6.